The first-order valence-corrected chi connectivity index (χ1v) is 14.2. The molecule has 176 valence electrons. The van der Waals surface area contributed by atoms with Gasteiger partial charge in [0.25, 0.3) is 0 Å². The Hall–Kier alpha value is -1.10. The molecule has 9 heteroatoms. The van der Waals surface area contributed by atoms with Crippen LogP contribution in [0.4, 0.5) is 0 Å². The zero-order valence-electron chi connectivity index (χ0n) is 19.3. The van der Waals surface area contributed by atoms with Crippen molar-refractivity contribution in [1.29, 1.82) is 0 Å². The molecule has 2 unspecified atom stereocenters. The minimum atomic E-state index is -3.89. The van der Waals surface area contributed by atoms with Crippen LogP contribution in [0, 0.1) is 0 Å². The van der Waals surface area contributed by atoms with Gasteiger partial charge in [-0.25, -0.2) is 4.57 Å². The van der Waals surface area contributed by atoms with E-state index in [1.807, 2.05) is 6.07 Å². The number of hydrogen-bond donors (Lipinski definition) is 1. The van der Waals surface area contributed by atoms with E-state index in [9.17, 15) is 14.2 Å². The van der Waals surface area contributed by atoms with Crippen LogP contribution in [0.5, 0.6) is 11.5 Å². The molecule has 31 heavy (non-hydrogen) atoms. The topological polar surface area (TPSA) is 91.3 Å². The first kappa shape index (κ1) is 26.2. The monoisotopic (exact) mass is 474 g/mol. The van der Waals surface area contributed by atoms with Crippen molar-refractivity contribution in [1.82, 2.24) is 0 Å². The molecule has 0 aromatic heterocycles. The van der Waals surface area contributed by atoms with Crippen LogP contribution in [0.25, 0.3) is 0 Å². The van der Waals surface area contributed by atoms with Crippen LogP contribution in [0.2, 0.25) is 0 Å². The van der Waals surface area contributed by atoms with Gasteiger partial charge in [-0.15, -0.1) is 0 Å². The first-order valence-electron chi connectivity index (χ1n) is 10.8. The molecular formula is C22H36O7P2. The van der Waals surface area contributed by atoms with Gasteiger partial charge < -0.3 is 23.2 Å². The Balaban J connectivity index is 2.48. The highest BCUT2D eigenvalue weighted by Crippen LogP contribution is 2.63. The largest absolute Gasteiger partial charge is 0.507 e. The van der Waals surface area contributed by atoms with Gasteiger partial charge in [0.1, 0.15) is 11.5 Å². The second-order valence-corrected chi connectivity index (χ2v) is 12.9. The third-order valence-electron chi connectivity index (χ3n) is 5.61. The van der Waals surface area contributed by atoms with Crippen LogP contribution in [0.15, 0.2) is 23.8 Å². The fourth-order valence-corrected chi connectivity index (χ4v) is 7.84. The van der Waals surface area contributed by atoms with Crippen molar-refractivity contribution in [2.45, 2.75) is 64.7 Å². The minimum Gasteiger partial charge on any atom is -0.507 e. The molecular weight excluding hydrogens is 438 g/mol. The summed E-state index contributed by atoms with van der Waals surface area (Å²) in [5.74, 6) is -0.172. The first-order chi connectivity index (χ1) is 14.7. The molecule has 1 aromatic carbocycles. The van der Waals surface area contributed by atoms with Crippen LogP contribution in [-0.4, -0.2) is 32.3 Å². The molecule has 1 aliphatic rings. The zero-order valence-corrected chi connectivity index (χ0v) is 21.0. The van der Waals surface area contributed by atoms with Crippen molar-refractivity contribution in [3.8, 4) is 11.5 Å². The predicted octanol–water partition coefficient (Wildman–Crippen LogP) is 7.00. The maximum absolute atomic E-state index is 13.4. The molecule has 1 N–H and O–H groups in total. The summed E-state index contributed by atoms with van der Waals surface area (Å²) in [4.78, 5) is 0. The third kappa shape index (κ3) is 7.20. The highest BCUT2D eigenvalue weighted by Gasteiger charge is 2.39. The molecule has 0 heterocycles. The average molecular weight is 474 g/mol. The van der Waals surface area contributed by atoms with Crippen molar-refractivity contribution in [3.63, 3.8) is 0 Å². The van der Waals surface area contributed by atoms with Gasteiger partial charge in [0.2, 0.25) is 0 Å². The van der Waals surface area contributed by atoms with Gasteiger partial charge in [-0.3, -0.25) is 4.57 Å². The van der Waals surface area contributed by atoms with Crippen LogP contribution in [0.1, 0.15) is 69.4 Å². The summed E-state index contributed by atoms with van der Waals surface area (Å²) in [6, 6.07) is 3.58. The summed E-state index contributed by atoms with van der Waals surface area (Å²) in [5, 5.41) is 10.9. The molecule has 0 fully saturated rings. The molecule has 0 aliphatic heterocycles. The van der Waals surface area contributed by atoms with E-state index in [0.717, 1.165) is 50.5 Å². The summed E-state index contributed by atoms with van der Waals surface area (Å²) in [5.41, 5.74) is 2.72. The lowest BCUT2D eigenvalue weighted by atomic mass is 9.84. The van der Waals surface area contributed by atoms with Crippen LogP contribution >= 0.6 is 15.2 Å². The van der Waals surface area contributed by atoms with E-state index in [0.29, 0.717) is 11.3 Å². The number of phenols is 1. The zero-order chi connectivity index (χ0) is 23.1. The number of aromatic hydroxyl groups is 1. The number of phenolic OH excluding ortho intramolecular Hbond substituents is 1. The Labute approximate surface area is 186 Å². The summed E-state index contributed by atoms with van der Waals surface area (Å²) in [7, 11) is -3.84. The molecule has 7 nitrogen and oxygen atoms in total. The van der Waals surface area contributed by atoms with E-state index in [4.69, 9.17) is 18.1 Å². The van der Waals surface area contributed by atoms with Gasteiger partial charge in [0, 0.05) is 32.8 Å². The van der Waals surface area contributed by atoms with Crippen molar-refractivity contribution in [2.24, 2.45) is 0 Å². The maximum Gasteiger partial charge on any atom is 0.391 e. The number of allylic oxidation sites excluding steroid dienone is 2. The van der Waals surface area contributed by atoms with E-state index in [1.165, 1.54) is 26.9 Å². The lowest BCUT2D eigenvalue weighted by Gasteiger charge is -2.26. The van der Waals surface area contributed by atoms with Gasteiger partial charge in [0.15, 0.2) is 5.90 Å². The molecule has 1 aliphatic carbocycles. The third-order valence-corrected chi connectivity index (χ3v) is 10.5. The molecule has 1 aromatic rings. The molecule has 2 atom stereocenters. The minimum absolute atomic E-state index is 0.0598. The lowest BCUT2D eigenvalue weighted by Crippen LogP contribution is -2.09. The van der Waals surface area contributed by atoms with Gasteiger partial charge in [-0.05, 0) is 56.7 Å². The highest BCUT2D eigenvalue weighted by atomic mass is 31.2. The second kappa shape index (κ2) is 11.7. The van der Waals surface area contributed by atoms with E-state index in [2.05, 4.69) is 19.9 Å². The molecule has 0 bridgehead atoms. The number of benzene rings is 1. The standard InChI is InChI=1S/C22H36O7P2/c1-6-7-8-11-18-14-20(23)22(19-12-9-10-17(2)13-19)21(15-18)29-31(25,28-5)16-30(24,26-3)27-4/h13-15,19,23H,6-12,16H2,1-5H3. The van der Waals surface area contributed by atoms with Gasteiger partial charge in [0.05, 0.1) is 0 Å². The van der Waals surface area contributed by atoms with Gasteiger partial charge in [-0.1, -0.05) is 31.4 Å². The van der Waals surface area contributed by atoms with Crippen molar-refractivity contribution in [2.75, 3.05) is 27.2 Å². The van der Waals surface area contributed by atoms with Crippen LogP contribution in [-0.2, 0) is 29.1 Å². The summed E-state index contributed by atoms with van der Waals surface area (Å²) in [6.45, 7) is 4.20. The van der Waals surface area contributed by atoms with Crippen LogP contribution in [0.3, 0.4) is 0 Å². The number of hydrogen-bond acceptors (Lipinski definition) is 7. The summed E-state index contributed by atoms with van der Waals surface area (Å²) < 4.78 is 47.0. The Morgan fingerprint density at radius 1 is 1.06 bits per heavy atom. The smallest absolute Gasteiger partial charge is 0.391 e. The van der Waals surface area contributed by atoms with E-state index >= 15 is 0 Å². The molecule has 0 amide bonds. The maximum atomic E-state index is 13.4. The number of aryl methyl sites for hydroxylation is 1. The molecule has 0 spiro atoms. The number of unbranched alkanes of at least 4 members (excludes halogenated alkanes) is 2. The van der Waals surface area contributed by atoms with E-state index in [1.54, 1.807) is 6.07 Å². The van der Waals surface area contributed by atoms with Crippen molar-refractivity contribution >= 4 is 15.2 Å². The Bertz CT molecular complexity index is 858. The van der Waals surface area contributed by atoms with Gasteiger partial charge >= 0.3 is 15.2 Å². The Morgan fingerprint density at radius 2 is 1.74 bits per heavy atom. The summed E-state index contributed by atoms with van der Waals surface area (Å²) >= 11 is 0. The molecule has 0 saturated carbocycles. The summed E-state index contributed by atoms with van der Waals surface area (Å²) in [6.07, 6.45) is 8.88. The molecule has 2 rings (SSSR count). The normalized spacial score (nSPS) is 19.0. The SMILES string of the molecule is CCCCCc1cc(O)c(C2C=C(C)CCC2)c(OP(=O)(CP(=O)(OC)OC)OC)c1. The van der Waals surface area contributed by atoms with Gasteiger partial charge in [-0.2, -0.15) is 0 Å². The average Bonchev–Trinajstić information content (AvgIpc) is 2.73. The van der Waals surface area contributed by atoms with Crippen LogP contribution < -0.4 is 4.52 Å². The van der Waals surface area contributed by atoms with E-state index in [-0.39, 0.29) is 11.7 Å². The van der Waals surface area contributed by atoms with Crippen molar-refractivity contribution < 1.29 is 32.3 Å². The number of rotatable bonds is 12. The quantitative estimate of drug-likeness (QED) is 0.198. The molecule has 0 saturated heterocycles. The molecule has 0 radical (unpaired) electrons. The van der Waals surface area contributed by atoms with E-state index < -0.39 is 21.1 Å². The Kier molecular flexibility index (Phi) is 9.85. The second-order valence-electron chi connectivity index (χ2n) is 8.00. The van der Waals surface area contributed by atoms with Crippen molar-refractivity contribution in [3.05, 3.63) is 34.9 Å². The predicted molar refractivity (Wildman–Crippen MR) is 123 cm³/mol. The Morgan fingerprint density at radius 3 is 2.32 bits per heavy atom. The highest BCUT2D eigenvalue weighted by molar-refractivity contribution is 7.71. The fourth-order valence-electron chi connectivity index (χ4n) is 3.85. The fraction of sp³-hybridized carbons (Fsp3) is 0.636. The lowest BCUT2D eigenvalue weighted by molar-refractivity contribution is 0.273.